The van der Waals surface area contributed by atoms with E-state index in [1.165, 1.54) is 0 Å². The topological polar surface area (TPSA) is 313 Å². The van der Waals surface area contributed by atoms with E-state index in [4.69, 9.17) is 52.1 Å². The van der Waals surface area contributed by atoms with Gasteiger partial charge >= 0.3 is 42.5 Å². The number of benzene rings is 3. The van der Waals surface area contributed by atoms with Crippen molar-refractivity contribution in [3.63, 3.8) is 0 Å². The largest absolute Gasteiger partial charge is 0.459 e. The number of alkyl halides is 1. The molecule has 1 saturated carbocycles. The average molecular weight is 1330 g/mol. The summed E-state index contributed by atoms with van der Waals surface area (Å²) in [6.45, 7) is 19.2. The van der Waals surface area contributed by atoms with E-state index in [0.717, 1.165) is 0 Å². The number of hydrogen-bond donors (Lipinski definition) is 7. The monoisotopic (exact) mass is 1330 g/mol. The zero-order valence-corrected chi connectivity index (χ0v) is 53.4. The van der Waals surface area contributed by atoms with Crippen LogP contribution in [0.5, 0.6) is 0 Å². The smallest absolute Gasteiger partial charge is 0.408 e. The number of alkyl carbamates (subject to hydrolysis) is 6. The Labute approximate surface area is 521 Å². The highest BCUT2D eigenvalue weighted by Gasteiger charge is 2.54. The summed E-state index contributed by atoms with van der Waals surface area (Å²) < 4.78 is 65.9. The standard InChI is InChI=1S/C61H85IN6O19/c1-58(2,3)84-52(71)63-31-38-28-29-39(64-55(74)85-59(4,5)6)50(80-38)82-47-41(66-56(75)86-60(7,8)9)30-40(65-53(72)78-32-35-22-16-13-17-23-35)48(46(47)69)83-51-45(68-57(76)87-61(10,11)12)44(67-54(73)79-33-36-24-18-14-19-25-36)43(62)42(81-51)34-77-49(70)37-26-20-15-21-27-37/h13-27,38-48,50-51,69H,28-34H2,1-12H3,(H,63,71)(H,64,74)(H,65,72)(H,66,75)(H,67,73)(H,68,76)/t38-,39+,40+,41-,42+,43+,44-,45+,46-,47+,48-,50+,51+/m0/s1. The Bertz CT molecular complexity index is 2740. The van der Waals surface area contributed by atoms with Gasteiger partial charge in [0.1, 0.15) is 72.7 Å². The minimum Gasteiger partial charge on any atom is -0.459 e. The van der Waals surface area contributed by atoms with Crippen LogP contribution in [0.3, 0.4) is 0 Å². The molecule has 7 N–H and O–H groups in total. The average Bonchev–Trinajstić information content (AvgIpc) is 0.872. The van der Waals surface area contributed by atoms with Crippen LogP contribution in [0.1, 0.15) is 124 Å². The first kappa shape index (κ1) is 69.4. The Morgan fingerprint density at radius 2 is 0.931 bits per heavy atom. The summed E-state index contributed by atoms with van der Waals surface area (Å²) in [6.07, 6.45) is -15.6. The van der Waals surface area contributed by atoms with Crippen molar-refractivity contribution in [2.45, 2.75) is 215 Å². The second-order valence-electron chi connectivity index (χ2n) is 25.2. The van der Waals surface area contributed by atoms with Gasteiger partial charge in [0.2, 0.25) is 0 Å². The Balaban J connectivity index is 1.45. The van der Waals surface area contributed by atoms with Gasteiger partial charge in [0.05, 0.1) is 39.8 Å². The van der Waals surface area contributed by atoms with Gasteiger partial charge in [-0.3, -0.25) is 0 Å². The second-order valence-corrected chi connectivity index (χ2v) is 26.6. The highest BCUT2D eigenvalue weighted by molar-refractivity contribution is 14.1. The molecule has 1 aliphatic carbocycles. The predicted molar refractivity (Wildman–Crippen MR) is 322 cm³/mol. The Morgan fingerprint density at radius 3 is 1.44 bits per heavy atom. The van der Waals surface area contributed by atoms with Crippen molar-refractivity contribution in [3.05, 3.63) is 108 Å². The lowest BCUT2D eigenvalue weighted by molar-refractivity contribution is -0.288. The maximum Gasteiger partial charge on any atom is 0.408 e. The molecule has 3 aromatic rings. The molecule has 0 unspecified atom stereocenters. The molecule has 480 valence electrons. The molecule has 26 heteroatoms. The highest BCUT2D eigenvalue weighted by atomic mass is 127. The first-order chi connectivity index (χ1) is 40.8. The number of carbonyl (C=O) groups is 7. The minimum atomic E-state index is -1.95. The lowest BCUT2D eigenvalue weighted by Gasteiger charge is -2.50. The highest BCUT2D eigenvalue weighted by Crippen LogP contribution is 2.35. The molecule has 3 aromatic carbocycles. The van der Waals surface area contributed by atoms with Gasteiger partial charge in [-0.25, -0.2) is 33.6 Å². The summed E-state index contributed by atoms with van der Waals surface area (Å²) in [5, 5.41) is 30.0. The van der Waals surface area contributed by atoms with Gasteiger partial charge in [-0.05, 0) is 126 Å². The van der Waals surface area contributed by atoms with Gasteiger partial charge < -0.3 is 89.1 Å². The quantitative estimate of drug-likeness (QED) is 0.0273. The van der Waals surface area contributed by atoms with Crippen molar-refractivity contribution in [2.75, 3.05) is 13.2 Å². The predicted octanol–water partition coefficient (Wildman–Crippen LogP) is 8.21. The van der Waals surface area contributed by atoms with E-state index in [1.54, 1.807) is 168 Å². The second kappa shape index (κ2) is 31.0. The van der Waals surface area contributed by atoms with E-state index in [-0.39, 0.29) is 44.6 Å². The van der Waals surface area contributed by atoms with Crippen LogP contribution in [-0.4, -0.2) is 160 Å². The van der Waals surface area contributed by atoms with Gasteiger partial charge in [-0.15, -0.1) is 0 Å². The number of hydrogen-bond acceptors (Lipinski definition) is 19. The van der Waals surface area contributed by atoms with Crippen LogP contribution < -0.4 is 31.9 Å². The molecule has 6 amide bonds. The summed E-state index contributed by atoms with van der Waals surface area (Å²) in [5.41, 5.74) is -2.30. The third kappa shape index (κ3) is 23.4. The molecule has 2 heterocycles. The number of aliphatic hydroxyl groups excluding tert-OH is 1. The molecule has 0 aromatic heterocycles. The SMILES string of the molecule is CC(C)(C)OC(=O)NC[C@@H]1CC[C@@H](NC(=O)OC(C)(C)C)[C@@H](O[C@H]2[C@H](O)[C@@H](O[C@H]3O[C@H](COC(=O)c4ccccc4)[C@@H](I)[C@H](NC(=O)OCc4ccccc4)[C@H]3NC(=O)OC(C)(C)C)[C@H](NC(=O)OCc3ccccc3)C[C@@H]2NC(=O)OC(C)(C)C)O1. The molecule has 3 fully saturated rings. The first-order valence-corrected chi connectivity index (χ1v) is 30.1. The number of aliphatic hydroxyl groups is 1. The lowest BCUT2D eigenvalue weighted by Crippen LogP contribution is -2.71. The maximum absolute atomic E-state index is 14.1. The van der Waals surface area contributed by atoms with E-state index in [9.17, 15) is 38.7 Å². The van der Waals surface area contributed by atoms with E-state index in [1.807, 2.05) is 28.7 Å². The summed E-state index contributed by atoms with van der Waals surface area (Å²) in [4.78, 5) is 96.1. The van der Waals surface area contributed by atoms with Gasteiger partial charge in [0.25, 0.3) is 0 Å². The molecule has 13 atom stereocenters. The van der Waals surface area contributed by atoms with Crippen LogP contribution in [0, 0.1) is 0 Å². The minimum absolute atomic E-state index is 0.0801. The molecule has 0 spiro atoms. The number of nitrogens with one attached hydrogen (secondary N) is 6. The molecular weight excluding hydrogens is 1250 g/mol. The van der Waals surface area contributed by atoms with Crippen LogP contribution in [0.4, 0.5) is 28.8 Å². The molecule has 25 nitrogen and oxygen atoms in total. The van der Waals surface area contributed by atoms with Crippen LogP contribution >= 0.6 is 22.6 Å². The van der Waals surface area contributed by atoms with Crippen molar-refractivity contribution in [1.82, 2.24) is 31.9 Å². The summed E-state index contributed by atoms with van der Waals surface area (Å²) >= 11 is 2.00. The Kier molecular flexibility index (Phi) is 24.7. The maximum atomic E-state index is 14.1. The summed E-state index contributed by atoms with van der Waals surface area (Å²) in [5.74, 6) is -0.710. The first-order valence-electron chi connectivity index (χ1n) is 28.8. The number of esters is 1. The molecule has 2 aliphatic heterocycles. The van der Waals surface area contributed by atoms with Crippen LogP contribution in [0.15, 0.2) is 91.0 Å². The van der Waals surface area contributed by atoms with Crippen molar-refractivity contribution in [2.24, 2.45) is 0 Å². The van der Waals surface area contributed by atoms with Crippen LogP contribution in [-0.2, 0) is 65.3 Å². The van der Waals surface area contributed by atoms with Crippen molar-refractivity contribution in [1.29, 1.82) is 0 Å². The van der Waals surface area contributed by atoms with Gasteiger partial charge in [0, 0.05) is 6.54 Å². The van der Waals surface area contributed by atoms with E-state index in [0.29, 0.717) is 11.1 Å². The molecule has 87 heavy (non-hydrogen) atoms. The van der Waals surface area contributed by atoms with Gasteiger partial charge in [-0.2, -0.15) is 0 Å². The zero-order chi connectivity index (χ0) is 63.9. The fraction of sp³-hybridized carbons (Fsp3) is 0.590. The molecule has 0 radical (unpaired) electrons. The number of ether oxygens (including phenoxy) is 11. The van der Waals surface area contributed by atoms with Crippen molar-refractivity contribution in [3.8, 4) is 0 Å². The van der Waals surface area contributed by atoms with E-state index in [2.05, 4.69) is 31.9 Å². The summed E-state index contributed by atoms with van der Waals surface area (Å²) in [7, 11) is 0. The molecule has 0 bridgehead atoms. The Hall–Kier alpha value is -6.72. The van der Waals surface area contributed by atoms with Gasteiger partial charge in [-0.1, -0.05) is 101 Å². The number of amides is 6. The van der Waals surface area contributed by atoms with Crippen molar-refractivity contribution < 1.29 is 90.8 Å². The molecule has 6 rings (SSSR count). The summed E-state index contributed by atoms with van der Waals surface area (Å²) in [6, 6.07) is 19.6. The van der Waals surface area contributed by atoms with Crippen LogP contribution in [0.2, 0.25) is 0 Å². The van der Waals surface area contributed by atoms with Crippen LogP contribution in [0.25, 0.3) is 0 Å². The third-order valence-electron chi connectivity index (χ3n) is 13.1. The molecule has 3 aliphatic rings. The third-order valence-corrected chi connectivity index (χ3v) is 14.6. The number of halogens is 1. The zero-order valence-electron chi connectivity index (χ0n) is 51.3. The lowest BCUT2D eigenvalue weighted by atomic mass is 9.83. The fourth-order valence-electron chi connectivity index (χ4n) is 9.43. The van der Waals surface area contributed by atoms with E-state index >= 15 is 0 Å². The fourth-order valence-corrected chi connectivity index (χ4v) is 10.4. The molecular formula is C61H85IN6O19. The normalized spacial score (nSPS) is 25.8. The van der Waals surface area contributed by atoms with Crippen molar-refractivity contribution >= 4 is 65.1 Å². The van der Waals surface area contributed by atoms with E-state index < -0.39 is 149 Å². The Morgan fingerprint density at radius 1 is 0.506 bits per heavy atom. The van der Waals surface area contributed by atoms with Gasteiger partial charge in [0.15, 0.2) is 12.6 Å². The molecule has 2 saturated heterocycles. The number of carbonyl (C=O) groups excluding carboxylic acids is 7. The number of rotatable bonds is 18.